The van der Waals surface area contributed by atoms with Gasteiger partial charge in [0.15, 0.2) is 0 Å². The third-order valence-electron chi connectivity index (χ3n) is 7.84. The van der Waals surface area contributed by atoms with E-state index in [1.165, 1.54) is 12.0 Å². The number of aromatic nitrogens is 2. The second kappa shape index (κ2) is 11.1. The molecule has 2 aromatic carbocycles. The van der Waals surface area contributed by atoms with Crippen LogP contribution in [0.5, 0.6) is 0 Å². The normalized spacial score (nSPS) is 17.3. The van der Waals surface area contributed by atoms with Gasteiger partial charge in [-0.25, -0.2) is 9.97 Å². The van der Waals surface area contributed by atoms with Gasteiger partial charge in [-0.1, -0.05) is 55.7 Å². The van der Waals surface area contributed by atoms with E-state index in [4.69, 9.17) is 0 Å². The zero-order valence-electron chi connectivity index (χ0n) is 21.5. The Morgan fingerprint density at radius 1 is 0.865 bits per heavy atom. The van der Waals surface area contributed by atoms with Crippen LogP contribution in [0.1, 0.15) is 48.8 Å². The van der Waals surface area contributed by atoms with Crippen molar-refractivity contribution in [2.45, 2.75) is 50.9 Å². The molecule has 0 unspecified atom stereocenters. The molecule has 5 rings (SSSR count). The van der Waals surface area contributed by atoms with E-state index in [9.17, 15) is 9.59 Å². The monoisotopic (exact) mass is 497 g/mol. The predicted octanol–water partition coefficient (Wildman–Crippen LogP) is 4.52. The Kier molecular flexibility index (Phi) is 7.49. The number of amides is 2. The molecule has 0 radical (unpaired) electrons. The van der Waals surface area contributed by atoms with Gasteiger partial charge in [-0.3, -0.25) is 9.59 Å². The molecule has 3 aromatic rings. The number of hydrogen-bond donors (Lipinski definition) is 1. The second-order valence-electron chi connectivity index (χ2n) is 10.2. The number of carbonyl (C=O) groups is 2. The summed E-state index contributed by atoms with van der Waals surface area (Å²) >= 11 is 0. The van der Waals surface area contributed by atoms with Gasteiger partial charge in [-0.05, 0) is 54.7 Å². The molecule has 192 valence electrons. The van der Waals surface area contributed by atoms with Crippen LogP contribution in [-0.2, 0) is 21.4 Å². The largest absolute Gasteiger partial charge is 0.339 e. The van der Waals surface area contributed by atoms with E-state index < -0.39 is 5.41 Å². The molecule has 0 atom stereocenters. The number of piperazine rings is 1. The Hall–Kier alpha value is -3.74. The fraction of sp³-hybridized carbons (Fsp3) is 0.400. The first-order valence-corrected chi connectivity index (χ1v) is 13.3. The molecular formula is C30H35N5O2. The summed E-state index contributed by atoms with van der Waals surface area (Å²) in [5.74, 6) is 0.904. The van der Waals surface area contributed by atoms with Gasteiger partial charge >= 0.3 is 0 Å². The lowest BCUT2D eigenvalue weighted by molar-refractivity contribution is -0.130. The van der Waals surface area contributed by atoms with Crippen molar-refractivity contribution in [3.63, 3.8) is 0 Å². The SMILES string of the molecule is Cc1ccccc1C1(C(=O)Nc2ccc(CC(=O)N3CCN(c4ncccn4)CC3)cc2)CCCCC1. The standard InChI is InChI=1S/C30H35N5O2/c1-23-8-3-4-9-26(23)30(14-5-2-6-15-30)28(37)33-25-12-10-24(11-13-25)22-27(36)34-18-20-35(21-19-34)29-31-16-7-17-32-29/h3-4,7-13,16-17H,2,5-6,14-15,18-22H2,1H3,(H,33,37). The van der Waals surface area contributed by atoms with Crippen LogP contribution in [0, 0.1) is 6.92 Å². The van der Waals surface area contributed by atoms with Crippen LogP contribution in [-0.4, -0.2) is 52.9 Å². The fourth-order valence-electron chi connectivity index (χ4n) is 5.74. The molecule has 1 aliphatic carbocycles. The summed E-state index contributed by atoms with van der Waals surface area (Å²) in [6.07, 6.45) is 8.89. The number of nitrogens with one attached hydrogen (secondary N) is 1. The number of carbonyl (C=O) groups excluding carboxylic acids is 2. The zero-order valence-corrected chi connectivity index (χ0v) is 21.5. The average Bonchev–Trinajstić information content (AvgIpc) is 2.95. The highest BCUT2D eigenvalue weighted by molar-refractivity contribution is 5.99. The Balaban J connectivity index is 1.19. The Morgan fingerprint density at radius 2 is 1.54 bits per heavy atom. The highest BCUT2D eigenvalue weighted by Crippen LogP contribution is 2.41. The van der Waals surface area contributed by atoms with Gasteiger partial charge in [0.05, 0.1) is 11.8 Å². The van der Waals surface area contributed by atoms with Crippen LogP contribution in [0.3, 0.4) is 0 Å². The molecule has 1 aromatic heterocycles. The lowest BCUT2D eigenvalue weighted by Gasteiger charge is -2.37. The number of rotatable bonds is 6. The average molecular weight is 498 g/mol. The number of hydrogen-bond acceptors (Lipinski definition) is 5. The van der Waals surface area contributed by atoms with Crippen LogP contribution in [0.15, 0.2) is 67.0 Å². The molecular weight excluding hydrogens is 462 g/mol. The molecule has 1 saturated heterocycles. The maximum atomic E-state index is 13.7. The zero-order chi connectivity index (χ0) is 25.7. The summed E-state index contributed by atoms with van der Waals surface area (Å²) in [5.41, 5.74) is 3.56. The second-order valence-corrected chi connectivity index (χ2v) is 10.2. The summed E-state index contributed by atoms with van der Waals surface area (Å²) in [4.78, 5) is 39.2. The van der Waals surface area contributed by atoms with E-state index in [-0.39, 0.29) is 11.8 Å². The first-order chi connectivity index (χ1) is 18.0. The van der Waals surface area contributed by atoms with Gasteiger partial charge in [-0.2, -0.15) is 0 Å². The Labute approximate surface area is 218 Å². The molecule has 0 bridgehead atoms. The van der Waals surface area contributed by atoms with Crippen LogP contribution in [0.25, 0.3) is 0 Å². The van der Waals surface area contributed by atoms with Crippen molar-refractivity contribution >= 4 is 23.5 Å². The van der Waals surface area contributed by atoms with Crippen molar-refractivity contribution in [1.29, 1.82) is 0 Å². The smallest absolute Gasteiger partial charge is 0.235 e. The van der Waals surface area contributed by atoms with Gasteiger partial charge in [0, 0.05) is 44.3 Å². The molecule has 37 heavy (non-hydrogen) atoms. The van der Waals surface area contributed by atoms with E-state index in [1.807, 2.05) is 41.3 Å². The number of benzene rings is 2. The van der Waals surface area contributed by atoms with Gasteiger partial charge in [0.1, 0.15) is 0 Å². The highest BCUT2D eigenvalue weighted by Gasteiger charge is 2.41. The molecule has 7 nitrogen and oxygen atoms in total. The Morgan fingerprint density at radius 3 is 2.22 bits per heavy atom. The summed E-state index contributed by atoms with van der Waals surface area (Å²) in [5, 5.41) is 3.19. The van der Waals surface area contributed by atoms with Gasteiger partial charge in [0.2, 0.25) is 17.8 Å². The molecule has 2 heterocycles. The lowest BCUT2D eigenvalue weighted by atomic mass is 9.67. The van der Waals surface area contributed by atoms with Crippen molar-refractivity contribution in [2.75, 3.05) is 36.4 Å². The minimum absolute atomic E-state index is 0.0746. The van der Waals surface area contributed by atoms with Crippen molar-refractivity contribution in [2.24, 2.45) is 0 Å². The highest BCUT2D eigenvalue weighted by atomic mass is 16.2. The lowest BCUT2D eigenvalue weighted by Crippen LogP contribution is -2.49. The summed E-state index contributed by atoms with van der Waals surface area (Å²) < 4.78 is 0. The third-order valence-corrected chi connectivity index (χ3v) is 7.84. The molecule has 1 N–H and O–H groups in total. The number of anilines is 2. The van der Waals surface area contributed by atoms with Crippen LogP contribution < -0.4 is 10.2 Å². The van der Waals surface area contributed by atoms with Gasteiger partial charge < -0.3 is 15.1 Å². The van der Waals surface area contributed by atoms with Crippen LogP contribution in [0.2, 0.25) is 0 Å². The molecule has 1 saturated carbocycles. The first kappa shape index (κ1) is 24.9. The van der Waals surface area contributed by atoms with E-state index in [1.54, 1.807) is 18.5 Å². The van der Waals surface area contributed by atoms with Crippen LogP contribution in [0.4, 0.5) is 11.6 Å². The van der Waals surface area contributed by atoms with Gasteiger partial charge in [0.25, 0.3) is 0 Å². The molecule has 2 aliphatic rings. The van der Waals surface area contributed by atoms with Crippen molar-refractivity contribution < 1.29 is 9.59 Å². The fourth-order valence-corrected chi connectivity index (χ4v) is 5.74. The van der Waals surface area contributed by atoms with Gasteiger partial charge in [-0.15, -0.1) is 0 Å². The maximum Gasteiger partial charge on any atom is 0.235 e. The van der Waals surface area contributed by atoms with Crippen molar-refractivity contribution in [3.05, 3.63) is 83.7 Å². The van der Waals surface area contributed by atoms with Crippen molar-refractivity contribution in [1.82, 2.24) is 14.9 Å². The van der Waals surface area contributed by atoms with Crippen LogP contribution >= 0.6 is 0 Å². The third kappa shape index (κ3) is 5.50. The quantitative estimate of drug-likeness (QED) is 0.542. The summed E-state index contributed by atoms with van der Waals surface area (Å²) in [6.45, 7) is 4.87. The molecule has 2 fully saturated rings. The first-order valence-electron chi connectivity index (χ1n) is 13.3. The van der Waals surface area contributed by atoms with E-state index >= 15 is 0 Å². The number of aryl methyl sites for hydroxylation is 1. The Bertz CT molecular complexity index is 1210. The molecule has 0 spiro atoms. The summed E-state index contributed by atoms with van der Waals surface area (Å²) in [6, 6.07) is 17.8. The van der Waals surface area contributed by atoms with E-state index in [0.717, 1.165) is 55.6 Å². The van der Waals surface area contributed by atoms with Crippen molar-refractivity contribution in [3.8, 4) is 0 Å². The predicted molar refractivity (Wildman–Crippen MR) is 146 cm³/mol. The van der Waals surface area contributed by atoms with E-state index in [0.29, 0.717) is 25.5 Å². The topological polar surface area (TPSA) is 78.4 Å². The molecule has 2 amide bonds. The minimum Gasteiger partial charge on any atom is -0.339 e. The maximum absolute atomic E-state index is 13.7. The molecule has 7 heteroatoms. The molecule has 1 aliphatic heterocycles. The summed E-state index contributed by atoms with van der Waals surface area (Å²) in [7, 11) is 0. The minimum atomic E-state index is -0.481. The van der Waals surface area contributed by atoms with E-state index in [2.05, 4.69) is 39.2 Å². The number of nitrogens with zero attached hydrogens (tertiary/aromatic N) is 4.